The summed E-state index contributed by atoms with van der Waals surface area (Å²) in [6.07, 6.45) is 16.7. The van der Waals surface area contributed by atoms with E-state index >= 15 is 0 Å². The predicted molar refractivity (Wildman–Crippen MR) is 254 cm³/mol. The Balaban J connectivity index is 1.94. The van der Waals surface area contributed by atoms with Crippen molar-refractivity contribution in [1.82, 2.24) is 16.0 Å². The van der Waals surface area contributed by atoms with E-state index in [1.165, 1.54) is 64.2 Å². The zero-order valence-corrected chi connectivity index (χ0v) is 40.8. The number of carbonyl (C=O) groups excluding carboxylic acids is 3. The zero-order chi connectivity index (χ0) is 49.2. The van der Waals surface area contributed by atoms with Gasteiger partial charge in [-0.25, -0.2) is 4.79 Å². The van der Waals surface area contributed by atoms with Crippen molar-refractivity contribution in [3.05, 3.63) is 0 Å². The van der Waals surface area contributed by atoms with Gasteiger partial charge in [0.25, 0.3) is 5.79 Å². The molecule has 1 aliphatic heterocycles. The van der Waals surface area contributed by atoms with E-state index in [0.29, 0.717) is 71.8 Å². The van der Waals surface area contributed by atoms with Crippen molar-refractivity contribution in [2.24, 2.45) is 0 Å². The number of nitrogens with one attached hydrogen (secondary N) is 3. The van der Waals surface area contributed by atoms with Crippen molar-refractivity contribution in [2.75, 3.05) is 65.9 Å². The van der Waals surface area contributed by atoms with Crippen LogP contribution in [0.15, 0.2) is 0 Å². The number of aliphatic hydroxyl groups excluding tert-OH is 4. The normalized spacial score (nSPS) is 18.7. The summed E-state index contributed by atoms with van der Waals surface area (Å²) in [6, 6.07) is -1.27. The van der Waals surface area contributed by atoms with Crippen molar-refractivity contribution < 1.29 is 68.4 Å². The zero-order valence-electron chi connectivity index (χ0n) is 40.8. The Labute approximate surface area is 400 Å². The molecule has 17 nitrogen and oxygen atoms in total. The van der Waals surface area contributed by atoms with Crippen molar-refractivity contribution in [3.8, 4) is 23.7 Å². The molecule has 0 aromatic rings. The van der Waals surface area contributed by atoms with Gasteiger partial charge < -0.3 is 65.2 Å². The van der Waals surface area contributed by atoms with Crippen LogP contribution >= 0.6 is 0 Å². The molecule has 1 aliphatic rings. The Morgan fingerprint density at radius 1 is 0.657 bits per heavy atom. The van der Waals surface area contributed by atoms with Gasteiger partial charge in [-0.05, 0) is 50.4 Å². The maximum atomic E-state index is 12.2. The first-order valence-electron chi connectivity index (χ1n) is 25.2. The lowest BCUT2D eigenvalue weighted by Gasteiger charge is -2.46. The molecule has 0 aromatic carbocycles. The number of aliphatic hydroxyl groups is 4. The third-order valence-electron chi connectivity index (χ3n) is 11.3. The van der Waals surface area contributed by atoms with Crippen LogP contribution in [0.2, 0.25) is 0 Å². The first-order valence-corrected chi connectivity index (χ1v) is 25.2. The minimum atomic E-state index is -2.37. The maximum Gasteiger partial charge on any atom is 0.364 e. The van der Waals surface area contributed by atoms with E-state index in [9.17, 15) is 44.7 Å². The SMILES string of the molecule is CCCCCCCCCCCCC#CC#CCCCCCCCCC(=O)NCCOCCOCCOCCC(=O)NCCCCCO[C@]1(C(=O)O)C[C@H](O)[C@@H](NC(C)=O)C([C@H](O)[C@H](O)CO)O1. The Kier molecular flexibility index (Phi) is 38.3. The van der Waals surface area contributed by atoms with Gasteiger partial charge in [0.05, 0.1) is 65.0 Å². The molecule has 0 saturated carbocycles. The average Bonchev–Trinajstić information content (AvgIpc) is 3.30. The molecule has 17 heteroatoms. The Bertz CT molecular complexity index is 1430. The molecule has 1 rings (SSSR count). The van der Waals surface area contributed by atoms with Gasteiger partial charge in [-0.2, -0.15) is 0 Å². The van der Waals surface area contributed by atoms with Crippen LogP contribution in [0.3, 0.4) is 0 Å². The van der Waals surface area contributed by atoms with Gasteiger partial charge in [-0.1, -0.05) is 102 Å². The van der Waals surface area contributed by atoms with Gasteiger partial charge >= 0.3 is 5.97 Å². The Morgan fingerprint density at radius 3 is 1.73 bits per heavy atom. The minimum Gasteiger partial charge on any atom is -0.477 e. The third kappa shape index (κ3) is 32.2. The fraction of sp³-hybridized carbons (Fsp3) is 0.840. The van der Waals surface area contributed by atoms with E-state index in [1.54, 1.807) is 0 Å². The lowest BCUT2D eigenvalue weighted by atomic mass is 9.88. The number of carboxylic acid groups (broad SMARTS) is 1. The number of unbranched alkanes of at least 4 members (excludes halogenated alkanes) is 18. The van der Waals surface area contributed by atoms with Crippen LogP contribution in [0.4, 0.5) is 0 Å². The van der Waals surface area contributed by atoms with E-state index in [0.717, 1.165) is 58.3 Å². The van der Waals surface area contributed by atoms with Crippen LogP contribution in [0.25, 0.3) is 0 Å². The van der Waals surface area contributed by atoms with Gasteiger partial charge in [0.15, 0.2) is 0 Å². The highest BCUT2D eigenvalue weighted by Crippen LogP contribution is 2.34. The fourth-order valence-corrected chi connectivity index (χ4v) is 7.41. The molecule has 0 aromatic heterocycles. The lowest BCUT2D eigenvalue weighted by Crippen LogP contribution is -2.67. The van der Waals surface area contributed by atoms with E-state index in [1.807, 2.05) is 0 Å². The third-order valence-corrected chi connectivity index (χ3v) is 11.3. The summed E-state index contributed by atoms with van der Waals surface area (Å²) >= 11 is 0. The largest absolute Gasteiger partial charge is 0.477 e. The molecular weight excluding hydrogens is 867 g/mol. The number of aliphatic carboxylic acids is 1. The van der Waals surface area contributed by atoms with Gasteiger partial charge in [0, 0.05) is 52.1 Å². The number of rotatable bonds is 42. The van der Waals surface area contributed by atoms with Crippen LogP contribution in [0.1, 0.15) is 168 Å². The summed E-state index contributed by atoms with van der Waals surface area (Å²) in [6.45, 7) is 5.35. The molecule has 6 atom stereocenters. The summed E-state index contributed by atoms with van der Waals surface area (Å²) < 4.78 is 27.6. The molecule has 67 heavy (non-hydrogen) atoms. The quantitative estimate of drug-likeness (QED) is 0.0312. The second kappa shape index (κ2) is 41.6. The number of hydrogen-bond acceptors (Lipinski definition) is 13. The highest BCUT2D eigenvalue weighted by molar-refractivity contribution is 5.77. The van der Waals surface area contributed by atoms with Crippen LogP contribution in [-0.4, -0.2) is 151 Å². The van der Waals surface area contributed by atoms with Crippen molar-refractivity contribution >= 4 is 23.7 Å². The Hall–Kier alpha value is -3.36. The molecule has 8 N–H and O–H groups in total. The summed E-state index contributed by atoms with van der Waals surface area (Å²) in [5.41, 5.74) is 0. The molecule has 1 unspecified atom stereocenters. The highest BCUT2D eigenvalue weighted by Gasteiger charge is 2.55. The van der Waals surface area contributed by atoms with Gasteiger partial charge in [-0.15, -0.1) is 0 Å². The van der Waals surface area contributed by atoms with Crippen molar-refractivity contribution in [3.63, 3.8) is 0 Å². The molecule has 1 fully saturated rings. The van der Waals surface area contributed by atoms with E-state index in [-0.39, 0.29) is 31.4 Å². The van der Waals surface area contributed by atoms with E-state index < -0.39 is 61.1 Å². The molecule has 0 radical (unpaired) electrons. The summed E-state index contributed by atoms with van der Waals surface area (Å²) in [5.74, 6) is 7.70. The van der Waals surface area contributed by atoms with Crippen molar-refractivity contribution in [2.45, 2.75) is 204 Å². The maximum absolute atomic E-state index is 12.2. The molecule has 1 saturated heterocycles. The molecule has 0 aliphatic carbocycles. The molecule has 1 heterocycles. The minimum absolute atomic E-state index is 0.0414. The monoisotopic (exact) mass is 954 g/mol. The standard InChI is InChI=1S/C50H87N3O14/c1-3-4-5-6-7-8-9-10-11-12-13-14-15-16-17-18-19-20-21-22-23-25-28-44(58)52-31-34-64-36-38-65-37-35-63-33-29-45(59)51-30-26-24-27-32-66-50(49(61)62)39-42(56)46(53-41(2)55)48(67-50)47(60)43(57)40-54/h42-43,46-48,54,56-57,60H,3-13,18-40H2,1-2H3,(H,51,59)(H,52,58)(H,53,55)(H,61,62)/t42-,43+,46+,47+,48?,50+/m0/s1. The topological polar surface area (TPSA) is 252 Å². The second-order valence-corrected chi connectivity index (χ2v) is 17.2. The molecule has 0 spiro atoms. The first-order chi connectivity index (χ1) is 32.5. The van der Waals surface area contributed by atoms with Crippen LogP contribution in [-0.2, 0) is 42.9 Å². The van der Waals surface area contributed by atoms with E-state index in [2.05, 4.69) is 46.6 Å². The van der Waals surface area contributed by atoms with Crippen LogP contribution in [0.5, 0.6) is 0 Å². The first kappa shape index (κ1) is 61.7. The highest BCUT2D eigenvalue weighted by atomic mass is 16.7. The number of carbonyl (C=O) groups is 4. The van der Waals surface area contributed by atoms with Crippen LogP contribution in [0, 0.1) is 23.7 Å². The van der Waals surface area contributed by atoms with Gasteiger partial charge in [0.2, 0.25) is 17.7 Å². The number of hydrogen-bond donors (Lipinski definition) is 8. The Morgan fingerprint density at radius 2 is 1.16 bits per heavy atom. The smallest absolute Gasteiger partial charge is 0.364 e. The molecule has 0 bridgehead atoms. The second-order valence-electron chi connectivity index (χ2n) is 17.2. The average molecular weight is 954 g/mol. The van der Waals surface area contributed by atoms with Crippen LogP contribution < -0.4 is 16.0 Å². The molecule has 3 amide bonds. The number of carboxylic acids is 1. The van der Waals surface area contributed by atoms with Gasteiger partial charge in [0.1, 0.15) is 18.3 Å². The number of amides is 3. The predicted octanol–water partition coefficient (Wildman–Crippen LogP) is 4.43. The fourth-order valence-electron chi connectivity index (χ4n) is 7.41. The van der Waals surface area contributed by atoms with Gasteiger partial charge in [-0.3, -0.25) is 14.4 Å². The molecular formula is C50H87N3O14. The van der Waals surface area contributed by atoms with E-state index in [4.69, 9.17) is 23.7 Å². The lowest BCUT2D eigenvalue weighted by molar-refractivity contribution is -0.311. The number of ether oxygens (including phenoxy) is 5. The summed E-state index contributed by atoms with van der Waals surface area (Å²) in [4.78, 5) is 48.1. The molecule has 386 valence electrons. The summed E-state index contributed by atoms with van der Waals surface area (Å²) in [5, 5.41) is 58.4. The summed E-state index contributed by atoms with van der Waals surface area (Å²) in [7, 11) is 0. The van der Waals surface area contributed by atoms with Crippen molar-refractivity contribution in [1.29, 1.82) is 0 Å².